The second-order valence-corrected chi connectivity index (χ2v) is 4.86. The van der Waals surface area contributed by atoms with Crippen LogP contribution in [-0.2, 0) is 16.0 Å². The maximum Gasteiger partial charge on any atom is 0.242 e. The predicted molar refractivity (Wildman–Crippen MR) is 78.2 cm³/mol. The largest absolute Gasteiger partial charge is 0.361 e. The molecule has 5 nitrogen and oxygen atoms in total. The summed E-state index contributed by atoms with van der Waals surface area (Å²) in [6, 6.07) is 3.76. The summed E-state index contributed by atoms with van der Waals surface area (Å²) >= 11 is 0. The zero-order valence-corrected chi connectivity index (χ0v) is 12.0. The Labute approximate surface area is 121 Å². The second kappa shape index (κ2) is 6.39. The second-order valence-electron chi connectivity index (χ2n) is 4.86. The Bertz CT molecular complexity index is 666. The first-order chi connectivity index (χ1) is 10.0. The summed E-state index contributed by atoms with van der Waals surface area (Å²) in [5, 5.41) is 6.03. The summed E-state index contributed by atoms with van der Waals surface area (Å²) in [6.45, 7) is 3.66. The van der Waals surface area contributed by atoms with Crippen molar-refractivity contribution in [2.75, 3.05) is 6.54 Å². The lowest BCUT2D eigenvalue weighted by atomic mass is 10.0. The molecule has 0 bridgehead atoms. The van der Waals surface area contributed by atoms with Crippen LogP contribution in [0.3, 0.4) is 0 Å². The number of hydrogen-bond acceptors (Lipinski definition) is 2. The number of likely N-dealkylation sites (N-methyl/N-ethyl adjacent to an activating group) is 1. The van der Waals surface area contributed by atoms with Crippen LogP contribution in [-0.4, -0.2) is 29.4 Å². The van der Waals surface area contributed by atoms with E-state index >= 15 is 0 Å². The van der Waals surface area contributed by atoms with E-state index < -0.39 is 6.04 Å². The summed E-state index contributed by atoms with van der Waals surface area (Å²) in [6.07, 6.45) is 2.03. The smallest absolute Gasteiger partial charge is 0.242 e. The van der Waals surface area contributed by atoms with Gasteiger partial charge in [-0.15, -0.1) is 0 Å². The number of benzene rings is 1. The summed E-state index contributed by atoms with van der Waals surface area (Å²) in [4.78, 5) is 26.3. The number of H-pyrrole nitrogens is 1. The number of aromatic nitrogens is 1. The first-order valence-corrected chi connectivity index (χ1v) is 6.81. The Kier molecular flexibility index (Phi) is 4.57. The van der Waals surface area contributed by atoms with Crippen molar-refractivity contribution in [3.05, 3.63) is 35.8 Å². The molecule has 0 spiro atoms. The van der Waals surface area contributed by atoms with Crippen LogP contribution in [0.25, 0.3) is 10.9 Å². The lowest BCUT2D eigenvalue weighted by Crippen LogP contribution is -2.47. The summed E-state index contributed by atoms with van der Waals surface area (Å²) in [5.41, 5.74) is 1.58. The van der Waals surface area contributed by atoms with Crippen LogP contribution in [0.2, 0.25) is 0 Å². The molecule has 0 aliphatic heterocycles. The van der Waals surface area contributed by atoms with E-state index in [-0.39, 0.29) is 17.6 Å². The molecule has 0 aliphatic rings. The van der Waals surface area contributed by atoms with Gasteiger partial charge in [0.25, 0.3) is 0 Å². The Morgan fingerprint density at radius 3 is 2.81 bits per heavy atom. The molecule has 2 aromatic rings. The maximum absolute atomic E-state index is 13.4. The summed E-state index contributed by atoms with van der Waals surface area (Å²) in [7, 11) is 0. The topological polar surface area (TPSA) is 74.0 Å². The molecule has 1 unspecified atom stereocenters. The van der Waals surface area contributed by atoms with E-state index in [9.17, 15) is 14.0 Å². The minimum Gasteiger partial charge on any atom is -0.361 e. The van der Waals surface area contributed by atoms with Gasteiger partial charge in [0.2, 0.25) is 11.8 Å². The zero-order valence-electron chi connectivity index (χ0n) is 12.0. The fraction of sp³-hybridized carbons (Fsp3) is 0.333. The van der Waals surface area contributed by atoms with Crippen molar-refractivity contribution in [1.29, 1.82) is 0 Å². The van der Waals surface area contributed by atoms with E-state index in [4.69, 9.17) is 0 Å². The average Bonchev–Trinajstić information content (AvgIpc) is 2.80. The van der Waals surface area contributed by atoms with E-state index in [1.54, 1.807) is 12.3 Å². The third kappa shape index (κ3) is 3.59. The normalized spacial score (nSPS) is 12.1. The van der Waals surface area contributed by atoms with Gasteiger partial charge in [0.1, 0.15) is 11.9 Å². The number of carbonyl (C=O) groups excluding carboxylic acids is 2. The maximum atomic E-state index is 13.4. The van der Waals surface area contributed by atoms with Crippen molar-refractivity contribution in [3.8, 4) is 0 Å². The van der Waals surface area contributed by atoms with E-state index in [0.29, 0.717) is 13.0 Å². The van der Waals surface area contributed by atoms with Crippen LogP contribution in [0.5, 0.6) is 0 Å². The number of aromatic amines is 1. The fourth-order valence-corrected chi connectivity index (χ4v) is 2.29. The zero-order chi connectivity index (χ0) is 15.4. The third-order valence-electron chi connectivity index (χ3n) is 3.20. The first kappa shape index (κ1) is 15.0. The van der Waals surface area contributed by atoms with Gasteiger partial charge in [-0.2, -0.15) is 0 Å². The van der Waals surface area contributed by atoms with E-state index in [1.165, 1.54) is 19.1 Å². The molecule has 0 radical (unpaired) electrons. The van der Waals surface area contributed by atoms with Gasteiger partial charge in [0.05, 0.1) is 0 Å². The van der Waals surface area contributed by atoms with Crippen LogP contribution in [0.1, 0.15) is 19.4 Å². The monoisotopic (exact) mass is 291 g/mol. The molecule has 1 aromatic carbocycles. The standard InChI is InChI=1S/C15H18FN3O2/c1-3-17-15(21)14(19-9(2)20)6-10-8-18-13-5-4-11(16)7-12(10)13/h4-5,7-8,14,18H,3,6H2,1-2H3,(H,17,21)(H,19,20). The summed E-state index contributed by atoms with van der Waals surface area (Å²) in [5.74, 6) is -0.867. The van der Waals surface area contributed by atoms with E-state index in [0.717, 1.165) is 16.5 Å². The molecule has 2 amide bonds. The van der Waals surface area contributed by atoms with E-state index in [1.807, 2.05) is 6.92 Å². The minimum atomic E-state index is -0.676. The van der Waals surface area contributed by atoms with Crippen molar-refractivity contribution < 1.29 is 14.0 Å². The molecule has 1 heterocycles. The highest BCUT2D eigenvalue weighted by atomic mass is 19.1. The van der Waals surface area contributed by atoms with Gasteiger partial charge in [-0.05, 0) is 30.7 Å². The molecule has 21 heavy (non-hydrogen) atoms. The molecule has 2 rings (SSSR count). The average molecular weight is 291 g/mol. The van der Waals surface area contributed by atoms with Crippen molar-refractivity contribution in [1.82, 2.24) is 15.6 Å². The Balaban J connectivity index is 2.27. The molecule has 0 fully saturated rings. The van der Waals surface area contributed by atoms with Crippen LogP contribution in [0.15, 0.2) is 24.4 Å². The number of fused-ring (bicyclic) bond motifs is 1. The van der Waals surface area contributed by atoms with Gasteiger partial charge in [-0.25, -0.2) is 4.39 Å². The fourth-order valence-electron chi connectivity index (χ4n) is 2.29. The quantitative estimate of drug-likeness (QED) is 0.781. The molecule has 0 saturated heterocycles. The SMILES string of the molecule is CCNC(=O)C(Cc1c[nH]c2ccc(F)cc12)NC(C)=O. The molecule has 1 atom stereocenters. The van der Waals surface area contributed by atoms with E-state index in [2.05, 4.69) is 15.6 Å². The van der Waals surface area contributed by atoms with Crippen molar-refractivity contribution in [2.45, 2.75) is 26.3 Å². The number of halogens is 1. The minimum absolute atomic E-state index is 0.251. The number of nitrogens with one attached hydrogen (secondary N) is 3. The number of hydrogen-bond donors (Lipinski definition) is 3. The van der Waals surface area contributed by atoms with Crippen LogP contribution in [0, 0.1) is 5.82 Å². The number of carbonyl (C=O) groups is 2. The van der Waals surface area contributed by atoms with Crippen molar-refractivity contribution >= 4 is 22.7 Å². The van der Waals surface area contributed by atoms with Gasteiger partial charge in [0.15, 0.2) is 0 Å². The summed E-state index contributed by atoms with van der Waals surface area (Å²) < 4.78 is 13.4. The molecule has 3 N–H and O–H groups in total. The van der Waals surface area contributed by atoms with Gasteiger partial charge < -0.3 is 15.6 Å². The van der Waals surface area contributed by atoms with Crippen LogP contribution in [0.4, 0.5) is 4.39 Å². The van der Waals surface area contributed by atoms with Crippen molar-refractivity contribution in [2.24, 2.45) is 0 Å². The molecule has 0 saturated carbocycles. The van der Waals surface area contributed by atoms with Gasteiger partial charge >= 0.3 is 0 Å². The molecular formula is C15H18FN3O2. The van der Waals surface area contributed by atoms with Gasteiger partial charge in [-0.1, -0.05) is 0 Å². The highest BCUT2D eigenvalue weighted by Crippen LogP contribution is 2.20. The van der Waals surface area contributed by atoms with Crippen LogP contribution < -0.4 is 10.6 Å². The molecule has 1 aromatic heterocycles. The Hall–Kier alpha value is -2.37. The number of rotatable bonds is 5. The van der Waals surface area contributed by atoms with Gasteiger partial charge in [-0.3, -0.25) is 9.59 Å². The highest BCUT2D eigenvalue weighted by Gasteiger charge is 2.20. The predicted octanol–water partition coefficient (Wildman–Crippen LogP) is 1.49. The Morgan fingerprint density at radius 1 is 1.38 bits per heavy atom. The van der Waals surface area contributed by atoms with Crippen molar-refractivity contribution in [3.63, 3.8) is 0 Å². The Morgan fingerprint density at radius 2 is 2.14 bits per heavy atom. The molecular weight excluding hydrogens is 273 g/mol. The lowest BCUT2D eigenvalue weighted by Gasteiger charge is -2.16. The first-order valence-electron chi connectivity index (χ1n) is 6.81. The number of amides is 2. The molecule has 0 aliphatic carbocycles. The van der Waals surface area contributed by atoms with Gasteiger partial charge in [0, 0.05) is 37.0 Å². The molecule has 112 valence electrons. The highest BCUT2D eigenvalue weighted by molar-refractivity contribution is 5.89. The van der Waals surface area contributed by atoms with Crippen LogP contribution >= 0.6 is 0 Å². The molecule has 6 heteroatoms. The lowest BCUT2D eigenvalue weighted by molar-refractivity contribution is -0.128. The third-order valence-corrected chi connectivity index (χ3v) is 3.20.